The van der Waals surface area contributed by atoms with Crippen LogP contribution in [0.1, 0.15) is 16.7 Å². The van der Waals surface area contributed by atoms with Gasteiger partial charge in [0.1, 0.15) is 24.7 Å². The molecule has 0 radical (unpaired) electrons. The standard InChI is InChI=1S/C22H23N3O3/c1-17-4-8-20(9-5-17)26-13-14-28-25-22(23)19-6-10-21(11-7-19)27-16-18-3-2-12-24-15-18/h2-12,15H,13-14,16H2,1H3,(H2,23,25). The highest BCUT2D eigenvalue weighted by atomic mass is 16.6. The molecule has 28 heavy (non-hydrogen) atoms. The molecule has 2 aromatic carbocycles. The third-order valence-electron chi connectivity index (χ3n) is 3.91. The molecule has 0 aliphatic carbocycles. The van der Waals surface area contributed by atoms with Crippen LogP contribution in [0.25, 0.3) is 0 Å². The van der Waals surface area contributed by atoms with Crippen molar-refractivity contribution in [2.45, 2.75) is 13.5 Å². The second kappa shape index (κ2) is 9.97. The third-order valence-corrected chi connectivity index (χ3v) is 3.91. The Morgan fingerprint density at radius 3 is 2.36 bits per heavy atom. The van der Waals surface area contributed by atoms with Crippen molar-refractivity contribution in [3.8, 4) is 11.5 Å². The Balaban J connectivity index is 1.41. The number of hydrogen-bond donors (Lipinski definition) is 1. The molecule has 0 saturated carbocycles. The number of rotatable bonds is 9. The highest BCUT2D eigenvalue weighted by Gasteiger charge is 2.01. The normalized spacial score (nSPS) is 11.1. The predicted molar refractivity (Wildman–Crippen MR) is 108 cm³/mol. The number of hydrogen-bond acceptors (Lipinski definition) is 5. The van der Waals surface area contributed by atoms with E-state index in [1.165, 1.54) is 5.56 Å². The lowest BCUT2D eigenvalue weighted by Gasteiger charge is -2.08. The molecule has 2 N–H and O–H groups in total. The SMILES string of the molecule is Cc1ccc(OCCO/N=C(/N)c2ccc(OCc3cccnc3)cc2)cc1. The summed E-state index contributed by atoms with van der Waals surface area (Å²) in [6, 6.07) is 19.0. The maximum atomic E-state index is 5.96. The molecule has 6 nitrogen and oxygen atoms in total. The van der Waals surface area contributed by atoms with Crippen molar-refractivity contribution in [3.05, 3.63) is 89.7 Å². The maximum Gasteiger partial charge on any atom is 0.170 e. The van der Waals surface area contributed by atoms with Crippen LogP contribution in [0.4, 0.5) is 0 Å². The second-order valence-corrected chi connectivity index (χ2v) is 6.15. The van der Waals surface area contributed by atoms with Crippen molar-refractivity contribution >= 4 is 5.84 Å². The first kappa shape index (κ1) is 19.2. The predicted octanol–water partition coefficient (Wildman–Crippen LogP) is 3.68. The number of benzene rings is 2. The minimum absolute atomic E-state index is 0.300. The highest BCUT2D eigenvalue weighted by molar-refractivity contribution is 5.97. The first-order valence-electron chi connectivity index (χ1n) is 8.98. The van der Waals surface area contributed by atoms with Gasteiger partial charge < -0.3 is 20.0 Å². The molecule has 0 amide bonds. The lowest BCUT2D eigenvalue weighted by Crippen LogP contribution is -2.15. The smallest absolute Gasteiger partial charge is 0.170 e. The summed E-state index contributed by atoms with van der Waals surface area (Å²) in [5.74, 6) is 1.84. The van der Waals surface area contributed by atoms with Gasteiger partial charge in [-0.15, -0.1) is 0 Å². The Morgan fingerprint density at radius 2 is 1.64 bits per heavy atom. The van der Waals surface area contributed by atoms with Crippen LogP contribution in [0.5, 0.6) is 11.5 Å². The molecular formula is C22H23N3O3. The highest BCUT2D eigenvalue weighted by Crippen LogP contribution is 2.14. The minimum atomic E-state index is 0.300. The topological polar surface area (TPSA) is 79.0 Å². The third kappa shape index (κ3) is 6.02. The summed E-state index contributed by atoms with van der Waals surface area (Å²) in [5, 5.41) is 3.93. The fraction of sp³-hybridized carbons (Fsp3) is 0.182. The van der Waals surface area contributed by atoms with Gasteiger partial charge in [0.15, 0.2) is 12.4 Å². The van der Waals surface area contributed by atoms with Crippen LogP contribution in [0.2, 0.25) is 0 Å². The number of pyridine rings is 1. The summed E-state index contributed by atoms with van der Waals surface area (Å²) in [7, 11) is 0. The van der Waals surface area contributed by atoms with Crippen LogP contribution < -0.4 is 15.2 Å². The van der Waals surface area contributed by atoms with Crippen molar-refractivity contribution in [1.29, 1.82) is 0 Å². The molecule has 0 bridgehead atoms. The van der Waals surface area contributed by atoms with Gasteiger partial charge in [0.05, 0.1) is 0 Å². The van der Waals surface area contributed by atoms with Gasteiger partial charge in [-0.1, -0.05) is 28.9 Å². The van der Waals surface area contributed by atoms with Gasteiger partial charge in [0.25, 0.3) is 0 Å². The van der Waals surface area contributed by atoms with Crippen molar-refractivity contribution in [3.63, 3.8) is 0 Å². The fourth-order valence-corrected chi connectivity index (χ4v) is 2.37. The van der Waals surface area contributed by atoms with Gasteiger partial charge in [0.2, 0.25) is 0 Å². The summed E-state index contributed by atoms with van der Waals surface area (Å²) < 4.78 is 11.3. The van der Waals surface area contributed by atoms with Gasteiger partial charge in [0, 0.05) is 23.5 Å². The lowest BCUT2D eigenvalue weighted by molar-refractivity contribution is 0.107. The van der Waals surface area contributed by atoms with Gasteiger partial charge in [-0.25, -0.2) is 0 Å². The number of ether oxygens (including phenoxy) is 2. The molecule has 3 rings (SSSR count). The molecule has 3 aromatic rings. The van der Waals surface area contributed by atoms with E-state index in [0.717, 1.165) is 22.6 Å². The van der Waals surface area contributed by atoms with Crippen molar-refractivity contribution in [1.82, 2.24) is 4.98 Å². The Kier molecular flexibility index (Phi) is 6.84. The van der Waals surface area contributed by atoms with E-state index in [0.29, 0.717) is 25.7 Å². The summed E-state index contributed by atoms with van der Waals surface area (Å²) in [6.45, 7) is 3.19. The largest absolute Gasteiger partial charge is 0.490 e. The zero-order valence-electron chi connectivity index (χ0n) is 15.7. The number of aryl methyl sites for hydroxylation is 1. The monoisotopic (exact) mass is 377 g/mol. The van der Waals surface area contributed by atoms with Crippen molar-refractivity contribution in [2.75, 3.05) is 13.2 Å². The van der Waals surface area contributed by atoms with Gasteiger partial charge >= 0.3 is 0 Å². The van der Waals surface area contributed by atoms with E-state index in [1.807, 2.05) is 67.6 Å². The number of oxime groups is 1. The lowest BCUT2D eigenvalue weighted by atomic mass is 10.2. The van der Waals surface area contributed by atoms with Crippen LogP contribution in [0, 0.1) is 6.92 Å². The van der Waals surface area contributed by atoms with Crippen LogP contribution in [-0.2, 0) is 11.4 Å². The van der Waals surface area contributed by atoms with Gasteiger partial charge in [-0.3, -0.25) is 4.98 Å². The number of nitrogens with zero attached hydrogens (tertiary/aromatic N) is 2. The molecule has 0 atom stereocenters. The van der Waals surface area contributed by atoms with Crippen molar-refractivity contribution < 1.29 is 14.3 Å². The summed E-state index contributed by atoms with van der Waals surface area (Å²) in [5.41, 5.74) is 8.91. The average Bonchev–Trinajstić information content (AvgIpc) is 2.74. The number of nitrogens with two attached hydrogens (primary N) is 1. The molecule has 0 unspecified atom stereocenters. The molecule has 1 aromatic heterocycles. The van der Waals surface area contributed by atoms with Gasteiger partial charge in [-0.05, 0) is 49.4 Å². The van der Waals surface area contributed by atoms with E-state index in [9.17, 15) is 0 Å². The van der Waals surface area contributed by atoms with E-state index in [4.69, 9.17) is 20.0 Å². The van der Waals surface area contributed by atoms with Crippen LogP contribution in [0.15, 0.2) is 78.2 Å². The van der Waals surface area contributed by atoms with E-state index in [1.54, 1.807) is 12.4 Å². The fourth-order valence-electron chi connectivity index (χ4n) is 2.37. The molecule has 0 aliphatic rings. The Morgan fingerprint density at radius 1 is 0.929 bits per heavy atom. The van der Waals surface area contributed by atoms with Gasteiger partial charge in [-0.2, -0.15) is 0 Å². The zero-order chi connectivity index (χ0) is 19.6. The number of amidine groups is 1. The first-order chi connectivity index (χ1) is 13.7. The van der Waals surface area contributed by atoms with Crippen molar-refractivity contribution in [2.24, 2.45) is 10.9 Å². The van der Waals surface area contributed by atoms with Crippen LogP contribution in [0.3, 0.4) is 0 Å². The molecule has 0 spiro atoms. The molecule has 144 valence electrons. The van der Waals surface area contributed by atoms with E-state index < -0.39 is 0 Å². The Bertz CT molecular complexity index is 879. The van der Waals surface area contributed by atoms with E-state index in [-0.39, 0.29) is 0 Å². The van der Waals surface area contributed by atoms with E-state index in [2.05, 4.69) is 10.1 Å². The van der Waals surface area contributed by atoms with Crippen LogP contribution in [-0.4, -0.2) is 24.0 Å². The molecule has 6 heteroatoms. The molecule has 1 heterocycles. The second-order valence-electron chi connectivity index (χ2n) is 6.15. The quantitative estimate of drug-likeness (QED) is 0.266. The van der Waals surface area contributed by atoms with E-state index >= 15 is 0 Å². The summed E-state index contributed by atoms with van der Waals surface area (Å²) >= 11 is 0. The maximum absolute atomic E-state index is 5.96. The molecular weight excluding hydrogens is 354 g/mol. The van der Waals surface area contributed by atoms with Crippen LogP contribution >= 0.6 is 0 Å². The summed E-state index contributed by atoms with van der Waals surface area (Å²) in [6.07, 6.45) is 3.51. The number of aromatic nitrogens is 1. The minimum Gasteiger partial charge on any atom is -0.490 e. The first-order valence-corrected chi connectivity index (χ1v) is 8.98. The average molecular weight is 377 g/mol. The molecule has 0 fully saturated rings. The summed E-state index contributed by atoms with van der Waals surface area (Å²) in [4.78, 5) is 9.29. The zero-order valence-corrected chi connectivity index (χ0v) is 15.7. The molecule has 0 aliphatic heterocycles. The Hall–Kier alpha value is -3.54. The molecule has 0 saturated heterocycles. The Labute approximate surface area is 164 Å².